The minimum absolute atomic E-state index is 0.0826. The molecule has 0 bridgehead atoms. The van der Waals surface area contributed by atoms with Crippen molar-refractivity contribution in [3.05, 3.63) is 51.0 Å². The molecule has 0 aliphatic carbocycles. The highest BCUT2D eigenvalue weighted by atomic mass is 127. The summed E-state index contributed by atoms with van der Waals surface area (Å²) in [6, 6.07) is 6.94. The normalized spacial score (nSPS) is 15.4. The number of halogens is 1. The SMILES string of the molecule is Cc1ccc(S(=O)(=O)C2=CC=IC=C2)cc1. The van der Waals surface area contributed by atoms with Crippen LogP contribution in [0.4, 0.5) is 0 Å². The third-order valence-electron chi connectivity index (χ3n) is 2.24. The van der Waals surface area contributed by atoms with E-state index < -0.39 is 9.84 Å². The van der Waals surface area contributed by atoms with Gasteiger partial charge >= 0.3 is 0 Å². The molecule has 0 saturated heterocycles. The van der Waals surface area contributed by atoms with E-state index in [4.69, 9.17) is 0 Å². The topological polar surface area (TPSA) is 34.1 Å². The second-order valence-corrected chi connectivity index (χ2v) is 7.54. The highest BCUT2D eigenvalue weighted by molar-refractivity contribution is 14.2. The molecule has 1 aromatic rings. The summed E-state index contributed by atoms with van der Waals surface area (Å²) in [5.41, 5.74) is 1.06. The van der Waals surface area contributed by atoms with E-state index in [1.807, 2.05) is 27.2 Å². The van der Waals surface area contributed by atoms with E-state index in [9.17, 15) is 8.42 Å². The summed E-state index contributed by atoms with van der Waals surface area (Å²) in [5, 5.41) is 0. The van der Waals surface area contributed by atoms with Crippen molar-refractivity contribution in [3.8, 4) is 0 Å². The molecule has 2 rings (SSSR count). The number of hydrogen-bond donors (Lipinski definition) is 0. The fraction of sp³-hybridized carbons (Fsp3) is 0.0833. The van der Waals surface area contributed by atoms with Crippen molar-refractivity contribution in [2.45, 2.75) is 11.8 Å². The van der Waals surface area contributed by atoms with Gasteiger partial charge in [0.25, 0.3) is 0 Å². The van der Waals surface area contributed by atoms with Crippen LogP contribution in [0.25, 0.3) is 0 Å². The lowest BCUT2D eigenvalue weighted by Crippen LogP contribution is -2.04. The lowest BCUT2D eigenvalue weighted by atomic mass is 10.2. The molecule has 16 heavy (non-hydrogen) atoms. The standard InChI is InChI=1S/C12H11IO2S/c1-10-2-4-11(5-3-10)16(14,15)12-6-8-13-9-7-12/h2-9H,1H3. The average Bonchev–Trinajstić information content (AvgIpc) is 2.31. The average molecular weight is 346 g/mol. The fourth-order valence-corrected chi connectivity index (χ4v) is 4.51. The van der Waals surface area contributed by atoms with Crippen molar-refractivity contribution in [3.63, 3.8) is 0 Å². The van der Waals surface area contributed by atoms with Gasteiger partial charge in [0.2, 0.25) is 9.84 Å². The molecule has 0 amide bonds. The van der Waals surface area contributed by atoms with E-state index in [2.05, 4.69) is 0 Å². The molecule has 0 fully saturated rings. The quantitative estimate of drug-likeness (QED) is 0.772. The number of hydrogen-bond acceptors (Lipinski definition) is 2. The predicted molar refractivity (Wildman–Crippen MR) is 75.7 cm³/mol. The molecular formula is C12H11IO2S. The van der Waals surface area contributed by atoms with Crippen molar-refractivity contribution >= 4 is 34.6 Å². The second kappa shape index (κ2) is 4.63. The number of allylic oxidation sites excluding steroid dienone is 2. The molecule has 1 aliphatic rings. The molecule has 1 heterocycles. The molecule has 0 saturated carbocycles. The molecule has 1 aromatic carbocycles. The molecule has 0 unspecified atom stereocenters. The molecule has 0 aromatic heterocycles. The van der Waals surface area contributed by atoms with Gasteiger partial charge in [0.1, 0.15) is 0 Å². The Balaban J connectivity index is 2.47. The largest absolute Gasteiger partial charge is 0.219 e. The summed E-state index contributed by atoms with van der Waals surface area (Å²) in [5.74, 6) is 0. The minimum Gasteiger partial charge on any atom is -0.219 e. The maximum Gasteiger partial charge on any atom is 0.206 e. The van der Waals surface area contributed by atoms with Crippen molar-refractivity contribution < 1.29 is 8.42 Å². The Morgan fingerprint density at radius 2 is 1.81 bits per heavy atom. The van der Waals surface area contributed by atoms with Crippen LogP contribution in [-0.2, 0) is 9.84 Å². The first-order valence-electron chi connectivity index (χ1n) is 4.74. The zero-order chi connectivity index (χ0) is 11.6. The first-order chi connectivity index (χ1) is 7.60. The summed E-state index contributed by atoms with van der Waals surface area (Å²) in [7, 11) is -3.32. The molecule has 0 atom stereocenters. The molecule has 4 heteroatoms. The van der Waals surface area contributed by atoms with Crippen LogP contribution < -0.4 is 0 Å². The molecule has 0 spiro atoms. The van der Waals surface area contributed by atoms with Crippen LogP contribution in [0.1, 0.15) is 5.56 Å². The lowest BCUT2D eigenvalue weighted by Gasteiger charge is -2.06. The number of benzene rings is 1. The Kier molecular flexibility index (Phi) is 3.39. The van der Waals surface area contributed by atoms with Crippen LogP contribution in [0.5, 0.6) is 0 Å². The van der Waals surface area contributed by atoms with Crippen LogP contribution in [-0.4, -0.2) is 12.4 Å². The van der Waals surface area contributed by atoms with Crippen molar-refractivity contribution in [1.82, 2.24) is 0 Å². The van der Waals surface area contributed by atoms with Gasteiger partial charge in [0.05, 0.1) is 9.80 Å². The highest BCUT2D eigenvalue weighted by Gasteiger charge is 2.18. The number of rotatable bonds is 2. The Morgan fingerprint density at radius 3 is 2.38 bits per heavy atom. The number of sulfone groups is 1. The lowest BCUT2D eigenvalue weighted by molar-refractivity contribution is 0.603. The van der Waals surface area contributed by atoms with Gasteiger partial charge < -0.3 is 0 Å². The first kappa shape index (κ1) is 11.7. The van der Waals surface area contributed by atoms with E-state index >= 15 is 0 Å². The van der Waals surface area contributed by atoms with E-state index in [1.165, 1.54) is 0 Å². The Morgan fingerprint density at radius 1 is 1.12 bits per heavy atom. The Labute approximate surface area is 105 Å². The zero-order valence-electron chi connectivity index (χ0n) is 8.72. The fourth-order valence-electron chi connectivity index (χ4n) is 1.33. The summed E-state index contributed by atoms with van der Waals surface area (Å²) < 4.78 is 28.3. The van der Waals surface area contributed by atoms with E-state index in [-0.39, 0.29) is 20.7 Å². The van der Waals surface area contributed by atoms with Crippen molar-refractivity contribution in [1.29, 1.82) is 0 Å². The van der Waals surface area contributed by atoms with E-state index in [1.54, 1.807) is 24.3 Å². The maximum atomic E-state index is 12.2. The van der Waals surface area contributed by atoms with Gasteiger partial charge in [-0.1, -0.05) is 38.4 Å². The first-order valence-corrected chi connectivity index (χ1v) is 8.72. The summed E-state index contributed by atoms with van der Waals surface area (Å²) >= 11 is -0.0826. The van der Waals surface area contributed by atoms with Crippen LogP contribution >= 0.6 is 20.7 Å². The highest BCUT2D eigenvalue weighted by Crippen LogP contribution is 2.23. The molecular weight excluding hydrogens is 335 g/mol. The molecule has 1 aliphatic heterocycles. The maximum absolute atomic E-state index is 12.2. The van der Waals surface area contributed by atoms with Gasteiger partial charge in [-0.25, -0.2) is 8.42 Å². The van der Waals surface area contributed by atoms with E-state index in [0.29, 0.717) is 9.80 Å². The summed E-state index contributed by atoms with van der Waals surface area (Å²) in [6.45, 7) is 1.94. The predicted octanol–water partition coefficient (Wildman–Crippen LogP) is 2.95. The third-order valence-corrected chi connectivity index (χ3v) is 5.58. The van der Waals surface area contributed by atoms with Gasteiger partial charge in [-0.05, 0) is 39.3 Å². The van der Waals surface area contributed by atoms with Gasteiger partial charge in [-0.3, -0.25) is 0 Å². The molecule has 84 valence electrons. The van der Waals surface area contributed by atoms with E-state index in [0.717, 1.165) is 5.56 Å². The van der Waals surface area contributed by atoms with Gasteiger partial charge in [-0.2, -0.15) is 0 Å². The smallest absolute Gasteiger partial charge is 0.206 e. The molecule has 0 radical (unpaired) electrons. The molecule has 2 nitrogen and oxygen atoms in total. The zero-order valence-corrected chi connectivity index (χ0v) is 11.7. The summed E-state index contributed by atoms with van der Waals surface area (Å²) in [6.07, 6.45) is 3.42. The third kappa shape index (κ3) is 2.32. The van der Waals surface area contributed by atoms with Crippen molar-refractivity contribution in [2.75, 3.05) is 0 Å². The van der Waals surface area contributed by atoms with Gasteiger partial charge in [-0.15, -0.1) is 0 Å². The molecule has 0 N–H and O–H groups in total. The van der Waals surface area contributed by atoms with Crippen LogP contribution in [0.15, 0.2) is 50.3 Å². The van der Waals surface area contributed by atoms with Gasteiger partial charge in [0, 0.05) is 0 Å². The van der Waals surface area contributed by atoms with Gasteiger partial charge in [0.15, 0.2) is 0 Å². The minimum atomic E-state index is -3.32. The monoisotopic (exact) mass is 346 g/mol. The van der Waals surface area contributed by atoms with Crippen LogP contribution in [0.2, 0.25) is 0 Å². The van der Waals surface area contributed by atoms with Crippen molar-refractivity contribution in [2.24, 2.45) is 0 Å². The number of aryl methyl sites for hydroxylation is 1. The second-order valence-electron chi connectivity index (χ2n) is 3.43. The Bertz CT molecular complexity index is 578. The van der Waals surface area contributed by atoms with Crippen LogP contribution in [0.3, 0.4) is 0 Å². The van der Waals surface area contributed by atoms with Crippen LogP contribution in [0, 0.1) is 6.92 Å². The Hall–Kier alpha value is -0.750. The summed E-state index contributed by atoms with van der Waals surface area (Å²) in [4.78, 5) is 0.754.